The summed E-state index contributed by atoms with van der Waals surface area (Å²) in [4.78, 5) is 9.31. The van der Waals surface area contributed by atoms with Gasteiger partial charge in [0.05, 0.1) is 0 Å². The summed E-state index contributed by atoms with van der Waals surface area (Å²) < 4.78 is 0. The minimum absolute atomic E-state index is 0.0278. The Labute approximate surface area is 38.5 Å². The van der Waals surface area contributed by atoms with Gasteiger partial charge in [0, 0.05) is 0 Å². The molecule has 29 valence electrons. The van der Waals surface area contributed by atoms with Crippen LogP contribution in [-0.2, 0) is 15.8 Å². The van der Waals surface area contributed by atoms with Gasteiger partial charge in [0.1, 0.15) is 0 Å². The molecule has 0 fully saturated rings. The van der Waals surface area contributed by atoms with Crippen LogP contribution in [0.3, 0.4) is 0 Å². The summed E-state index contributed by atoms with van der Waals surface area (Å²) in [5, 5.41) is 7.66. The van der Waals surface area contributed by atoms with Gasteiger partial charge in [0.25, 0.3) is 0 Å². The van der Waals surface area contributed by atoms with E-state index in [9.17, 15) is 4.79 Å². The fourth-order valence-electron chi connectivity index (χ4n) is 0. The first kappa shape index (κ1) is 5.05. The third-order valence-corrected chi connectivity index (χ3v) is 0.441. The molecular weight excluding hydrogens is 111 g/mol. The van der Waals surface area contributed by atoms with E-state index in [1.165, 1.54) is 0 Å². The van der Waals surface area contributed by atoms with Crippen LogP contribution in [0.4, 0.5) is 4.79 Å². The van der Waals surface area contributed by atoms with Gasteiger partial charge in [0.15, 0.2) is 0 Å². The molecule has 2 nitrogen and oxygen atoms in total. The van der Waals surface area contributed by atoms with Crippen LogP contribution in [0.25, 0.3) is 0 Å². The molecule has 0 atom stereocenters. The van der Waals surface area contributed by atoms with E-state index in [1.54, 1.807) is 0 Å². The van der Waals surface area contributed by atoms with Crippen molar-refractivity contribution >= 4 is 12.0 Å². The molecule has 0 aliphatic heterocycles. The van der Waals surface area contributed by atoms with E-state index in [0.717, 1.165) is 0 Å². The predicted octanol–water partition coefficient (Wildman–Crippen LogP) is -0.437. The number of carbonyl (C=O) groups is 1. The third-order valence-electron chi connectivity index (χ3n) is 0.107. The maximum absolute atomic E-state index is 9.31. The van der Waals surface area contributed by atoms with Gasteiger partial charge in [-0.2, -0.15) is 0 Å². The van der Waals surface area contributed by atoms with E-state index in [4.69, 9.17) is 5.11 Å². The van der Waals surface area contributed by atoms with Crippen molar-refractivity contribution in [3.63, 3.8) is 0 Å². The summed E-state index contributed by atoms with van der Waals surface area (Å²) in [5.74, 6) is -0.856. The molecular formula is CH2BFeO2. The quantitative estimate of drug-likeness (QED) is 0.468. The van der Waals surface area contributed by atoms with E-state index in [2.05, 4.69) is 15.8 Å². The molecule has 0 amide bonds. The fraction of sp³-hybridized carbons (Fsp3) is 0. The van der Waals surface area contributed by atoms with E-state index in [1.807, 2.05) is 0 Å². The standard InChI is InChI=1S/CHBO2.Fe/c2-1(3)4;/h2H;/q;-1/p+1. The Morgan fingerprint density at radius 1 is 2.00 bits per heavy atom. The van der Waals surface area contributed by atoms with E-state index in [-0.39, 0.29) is 6.09 Å². The first-order chi connectivity index (χ1) is 2.27. The molecule has 0 unspecified atom stereocenters. The SMILES string of the molecule is O=C(O)[BH][Fe]. The second-order valence-electron chi connectivity index (χ2n) is 0.519. The monoisotopic (exact) mass is 113 g/mol. The van der Waals surface area contributed by atoms with Crippen molar-refractivity contribution in [2.75, 3.05) is 0 Å². The zero-order chi connectivity index (χ0) is 4.28. The molecule has 0 saturated heterocycles. The second-order valence-corrected chi connectivity index (χ2v) is 0.909. The van der Waals surface area contributed by atoms with E-state index >= 15 is 0 Å². The molecule has 1 N–H and O–H groups in total. The van der Waals surface area contributed by atoms with Crippen molar-refractivity contribution in [1.29, 1.82) is 0 Å². The topological polar surface area (TPSA) is 37.3 Å². The minimum atomic E-state index is -0.856. The van der Waals surface area contributed by atoms with Crippen LogP contribution in [0, 0.1) is 0 Å². The Bertz CT molecular complexity index is 44.9. The van der Waals surface area contributed by atoms with Crippen molar-refractivity contribution in [3.05, 3.63) is 0 Å². The number of rotatable bonds is 1. The van der Waals surface area contributed by atoms with Gasteiger partial charge in [-0.1, -0.05) is 0 Å². The summed E-state index contributed by atoms with van der Waals surface area (Å²) in [5.41, 5.74) is 0. The second kappa shape index (κ2) is 2.30. The molecule has 0 heterocycles. The molecule has 0 aromatic carbocycles. The summed E-state index contributed by atoms with van der Waals surface area (Å²) in [6.07, 6.45) is -0.0278. The normalized spacial score (nSPS) is 6.60. The van der Waals surface area contributed by atoms with Gasteiger partial charge in [0.2, 0.25) is 0 Å². The molecule has 0 aromatic rings. The number of hydrogen-bond donors (Lipinski definition) is 1. The zero-order valence-electron chi connectivity index (χ0n) is 2.42. The van der Waals surface area contributed by atoms with Gasteiger partial charge >= 0.3 is 37.7 Å². The van der Waals surface area contributed by atoms with Crippen molar-refractivity contribution in [3.8, 4) is 0 Å². The third kappa shape index (κ3) is 4.05. The Morgan fingerprint density at radius 2 is 2.20 bits per heavy atom. The molecule has 0 spiro atoms. The van der Waals surface area contributed by atoms with Crippen LogP contribution >= 0.6 is 0 Å². The Balaban J connectivity index is 2.85. The van der Waals surface area contributed by atoms with Gasteiger partial charge in [-0.25, -0.2) is 0 Å². The summed E-state index contributed by atoms with van der Waals surface area (Å²) in [6, 6.07) is 0. The molecule has 0 aliphatic carbocycles. The first-order valence-corrected chi connectivity index (χ1v) is 1.81. The Morgan fingerprint density at radius 3 is 2.20 bits per heavy atom. The van der Waals surface area contributed by atoms with Gasteiger partial charge in [-0.15, -0.1) is 0 Å². The van der Waals surface area contributed by atoms with Crippen LogP contribution in [0.1, 0.15) is 0 Å². The van der Waals surface area contributed by atoms with Crippen LogP contribution in [0.2, 0.25) is 0 Å². The molecule has 0 saturated carbocycles. The molecule has 0 bridgehead atoms. The average molecular weight is 113 g/mol. The van der Waals surface area contributed by atoms with E-state index in [0.29, 0.717) is 0 Å². The molecule has 5 heavy (non-hydrogen) atoms. The summed E-state index contributed by atoms with van der Waals surface area (Å²) in [7, 11) is 0. The predicted molar refractivity (Wildman–Crippen MR) is 15.2 cm³/mol. The van der Waals surface area contributed by atoms with Crippen LogP contribution < -0.4 is 0 Å². The fourth-order valence-corrected chi connectivity index (χ4v) is 0. The number of hydrogen-bond acceptors (Lipinski definition) is 1. The first-order valence-electron chi connectivity index (χ1n) is 1.03. The summed E-state index contributed by atoms with van der Waals surface area (Å²) >= 11 is 3.09. The zero-order valence-corrected chi connectivity index (χ0v) is 3.52. The molecule has 0 rings (SSSR count). The van der Waals surface area contributed by atoms with Gasteiger partial charge < -0.3 is 0 Å². The number of carboxylic acid groups (broad SMARTS) is 1. The van der Waals surface area contributed by atoms with E-state index < -0.39 is 5.87 Å². The van der Waals surface area contributed by atoms with Gasteiger partial charge in [-0.05, 0) is 0 Å². The van der Waals surface area contributed by atoms with Crippen LogP contribution in [0.5, 0.6) is 0 Å². The van der Waals surface area contributed by atoms with Crippen molar-refractivity contribution in [2.24, 2.45) is 0 Å². The van der Waals surface area contributed by atoms with Crippen LogP contribution in [-0.4, -0.2) is 17.1 Å². The van der Waals surface area contributed by atoms with Crippen molar-refractivity contribution in [2.45, 2.75) is 0 Å². The maximum atomic E-state index is 9.31. The van der Waals surface area contributed by atoms with Crippen LogP contribution in [0.15, 0.2) is 0 Å². The van der Waals surface area contributed by atoms with Gasteiger partial charge in [-0.3, -0.25) is 0 Å². The summed E-state index contributed by atoms with van der Waals surface area (Å²) in [6.45, 7) is 0. The Hall–Kier alpha value is 0.0544. The molecule has 0 aliphatic rings. The molecule has 0 radical (unpaired) electrons. The average Bonchev–Trinajstić information content (AvgIpc) is 1.38. The molecule has 0 aromatic heterocycles. The van der Waals surface area contributed by atoms with Crippen molar-refractivity contribution in [1.82, 2.24) is 0 Å². The Kier molecular flexibility index (Phi) is 2.33. The van der Waals surface area contributed by atoms with Crippen molar-refractivity contribution < 1.29 is 25.7 Å². The molecule has 4 heteroatoms.